The number of nitrogens with zero attached hydrogens (tertiary/aromatic N) is 4. The highest BCUT2D eigenvalue weighted by Crippen LogP contribution is 2.36. The fourth-order valence-electron chi connectivity index (χ4n) is 5.69. The van der Waals surface area contributed by atoms with Gasteiger partial charge in [0.1, 0.15) is 0 Å². The summed E-state index contributed by atoms with van der Waals surface area (Å²) in [5, 5.41) is 20.2. The molecule has 1 saturated heterocycles. The van der Waals surface area contributed by atoms with E-state index in [-0.39, 0.29) is 16.9 Å². The van der Waals surface area contributed by atoms with E-state index in [1.807, 2.05) is 28.8 Å². The van der Waals surface area contributed by atoms with Gasteiger partial charge in [0.15, 0.2) is 11.2 Å². The molecule has 1 amide bonds. The van der Waals surface area contributed by atoms with Crippen LogP contribution in [0.1, 0.15) is 36.3 Å². The van der Waals surface area contributed by atoms with E-state index in [9.17, 15) is 13.6 Å². The lowest BCUT2D eigenvalue weighted by atomic mass is 9.84. The highest BCUT2D eigenvalue weighted by Gasteiger charge is 2.31. The molecule has 0 radical (unpaired) electrons. The van der Waals surface area contributed by atoms with Gasteiger partial charge in [-0.2, -0.15) is 0 Å². The van der Waals surface area contributed by atoms with E-state index >= 15 is 0 Å². The van der Waals surface area contributed by atoms with Gasteiger partial charge in [-0.3, -0.25) is 15.5 Å². The van der Waals surface area contributed by atoms with Gasteiger partial charge >= 0.3 is 0 Å². The summed E-state index contributed by atoms with van der Waals surface area (Å²) >= 11 is 1.28. The molecule has 6 rings (SSSR count). The zero-order chi connectivity index (χ0) is 29.2. The molecule has 2 aliphatic heterocycles. The van der Waals surface area contributed by atoms with Crippen LogP contribution in [-0.2, 0) is 17.8 Å². The second kappa shape index (κ2) is 12.0. The van der Waals surface area contributed by atoms with Crippen molar-refractivity contribution in [1.29, 1.82) is 5.41 Å². The van der Waals surface area contributed by atoms with Crippen molar-refractivity contribution in [2.75, 3.05) is 36.4 Å². The van der Waals surface area contributed by atoms with Gasteiger partial charge in [-0.05, 0) is 54.7 Å². The molecule has 42 heavy (non-hydrogen) atoms. The van der Waals surface area contributed by atoms with Crippen molar-refractivity contribution in [3.8, 4) is 0 Å². The zero-order valence-electron chi connectivity index (χ0n) is 23.2. The number of halogens is 2. The Morgan fingerprint density at radius 2 is 1.95 bits per heavy atom. The van der Waals surface area contributed by atoms with Crippen LogP contribution < -0.4 is 20.9 Å². The third kappa shape index (κ3) is 5.51. The van der Waals surface area contributed by atoms with Crippen LogP contribution in [0.15, 0.2) is 71.2 Å². The van der Waals surface area contributed by atoms with Crippen molar-refractivity contribution in [3.05, 3.63) is 88.1 Å². The highest BCUT2D eigenvalue weighted by atomic mass is 32.1. The van der Waals surface area contributed by atoms with Crippen LogP contribution in [0.25, 0.3) is 5.57 Å². The number of thiazole rings is 1. The number of aromatic nitrogens is 3. The molecule has 1 unspecified atom stereocenters. The van der Waals surface area contributed by atoms with Crippen LogP contribution in [-0.4, -0.2) is 58.8 Å². The van der Waals surface area contributed by atoms with Crippen molar-refractivity contribution in [2.24, 2.45) is 0 Å². The van der Waals surface area contributed by atoms with E-state index in [0.717, 1.165) is 62.5 Å². The summed E-state index contributed by atoms with van der Waals surface area (Å²) in [6.07, 6.45) is 5.01. The minimum atomic E-state index is -2.82. The number of hydrogen-bond donors (Lipinski definition) is 4. The average Bonchev–Trinajstić information content (AvgIpc) is 3.76. The third-order valence-electron chi connectivity index (χ3n) is 7.94. The topological polar surface area (TPSA) is 111 Å². The van der Waals surface area contributed by atoms with Gasteiger partial charge in [-0.25, -0.2) is 18.7 Å². The van der Waals surface area contributed by atoms with Crippen LogP contribution in [0.2, 0.25) is 0 Å². The molecule has 0 saturated carbocycles. The molecule has 0 bridgehead atoms. The van der Waals surface area contributed by atoms with Gasteiger partial charge in [0.25, 0.3) is 12.3 Å². The lowest BCUT2D eigenvalue weighted by Gasteiger charge is -2.29. The van der Waals surface area contributed by atoms with Crippen molar-refractivity contribution in [1.82, 2.24) is 25.2 Å². The molecule has 2 aromatic heterocycles. The fourth-order valence-corrected chi connectivity index (χ4v) is 6.22. The first kappa shape index (κ1) is 28.0. The first-order valence-corrected chi connectivity index (χ1v) is 14.9. The maximum absolute atomic E-state index is 14.5. The quantitative estimate of drug-likeness (QED) is 0.307. The summed E-state index contributed by atoms with van der Waals surface area (Å²) in [6.45, 7) is 6.24. The predicted octanol–water partition coefficient (Wildman–Crippen LogP) is 4.55. The minimum Gasteiger partial charge on any atom is -0.374 e. The van der Waals surface area contributed by atoms with E-state index in [1.54, 1.807) is 24.8 Å². The number of benzene rings is 1. The summed E-state index contributed by atoms with van der Waals surface area (Å²) in [7, 11) is 0. The second-order valence-electron chi connectivity index (χ2n) is 10.5. The minimum absolute atomic E-state index is 0.0179. The van der Waals surface area contributed by atoms with Gasteiger partial charge in [-0.1, -0.05) is 12.1 Å². The van der Waals surface area contributed by atoms with Gasteiger partial charge in [-0.15, -0.1) is 11.3 Å². The Hall–Kier alpha value is -4.16. The van der Waals surface area contributed by atoms with Crippen LogP contribution in [0.4, 0.5) is 19.6 Å². The number of carbonyl (C=O) groups excluding carboxylic acids is 1. The molecule has 0 spiro atoms. The Labute approximate surface area is 246 Å². The van der Waals surface area contributed by atoms with E-state index in [1.165, 1.54) is 23.6 Å². The number of aryl methyl sites for hydroxylation is 1. The number of imidazole rings is 1. The number of carbonyl (C=O) groups is 1. The number of allylic oxidation sites excluding steroid dienone is 5. The van der Waals surface area contributed by atoms with E-state index in [0.29, 0.717) is 22.0 Å². The maximum atomic E-state index is 14.5. The molecule has 3 aliphatic rings. The van der Waals surface area contributed by atoms with Crippen LogP contribution in [0, 0.1) is 5.41 Å². The van der Waals surface area contributed by atoms with Crippen LogP contribution in [0.5, 0.6) is 0 Å². The molecule has 218 valence electrons. The molecule has 1 aromatic carbocycles. The van der Waals surface area contributed by atoms with Gasteiger partial charge in [0.2, 0.25) is 0 Å². The van der Waals surface area contributed by atoms with Crippen molar-refractivity contribution in [2.45, 2.75) is 38.8 Å². The van der Waals surface area contributed by atoms with Crippen molar-refractivity contribution >= 4 is 39.3 Å². The largest absolute Gasteiger partial charge is 0.374 e. The number of hydrogen-bond acceptors (Lipinski definition) is 8. The van der Waals surface area contributed by atoms with E-state index in [2.05, 4.69) is 30.8 Å². The van der Waals surface area contributed by atoms with E-state index < -0.39 is 18.4 Å². The third-order valence-corrected chi connectivity index (χ3v) is 8.63. The lowest BCUT2D eigenvalue weighted by Crippen LogP contribution is -2.43. The lowest BCUT2D eigenvalue weighted by molar-refractivity contribution is -0.118. The summed E-state index contributed by atoms with van der Waals surface area (Å²) < 4.78 is 31.0. The standard InChI is InChI=1S/C30H32F2N8OS/c1-18-21(19-4-6-20(7-5-19)39-12-8-34-9-13-39)15-22(28(31)32)23(25(18)33)16-36-27(29(41)38-30-35-10-14-42-30)26-24-3-2-11-40(24)17-37-26/h4-7,10,14-17,27-28,33-34,36H,2-3,8-9,11-13H2,1H3,(H,35,38,41)/b23-16-,33-25?. The molecule has 1 atom stereocenters. The number of rotatable bonds is 8. The number of anilines is 2. The number of fused-ring (bicyclic) bond motifs is 1. The molecule has 4 N–H and O–H groups in total. The Morgan fingerprint density at radius 1 is 1.17 bits per heavy atom. The van der Waals surface area contributed by atoms with Crippen LogP contribution in [0.3, 0.4) is 0 Å². The summed E-state index contributed by atoms with van der Waals surface area (Å²) in [5.74, 6) is -0.405. The molecule has 1 fully saturated rings. The first-order valence-electron chi connectivity index (χ1n) is 14.0. The molecule has 12 heteroatoms. The molecular formula is C30H32F2N8OS. The highest BCUT2D eigenvalue weighted by molar-refractivity contribution is 7.13. The van der Waals surface area contributed by atoms with E-state index in [4.69, 9.17) is 5.41 Å². The summed E-state index contributed by atoms with van der Waals surface area (Å²) in [5.41, 5.74) is 4.26. The predicted molar refractivity (Wildman–Crippen MR) is 161 cm³/mol. The Balaban J connectivity index is 1.29. The molecule has 1 aliphatic carbocycles. The SMILES string of the molecule is CC1=C(c2ccc(N3CCNCC3)cc2)C=C(C(F)F)/C(=C/NC(C(=O)Nc2nccs2)c2ncn3c2CCC3)C1=N. The smallest absolute Gasteiger partial charge is 0.264 e. The average molecular weight is 591 g/mol. The number of amides is 1. The Morgan fingerprint density at radius 3 is 2.67 bits per heavy atom. The second-order valence-corrected chi connectivity index (χ2v) is 11.4. The number of piperazine rings is 1. The fraction of sp³-hybridized carbons (Fsp3) is 0.333. The molecule has 9 nitrogen and oxygen atoms in total. The summed E-state index contributed by atoms with van der Waals surface area (Å²) in [6, 6.07) is 6.90. The first-order chi connectivity index (χ1) is 20.4. The zero-order valence-corrected chi connectivity index (χ0v) is 24.0. The number of alkyl halides is 2. The maximum Gasteiger partial charge on any atom is 0.264 e. The summed E-state index contributed by atoms with van der Waals surface area (Å²) in [4.78, 5) is 24.3. The number of nitrogens with one attached hydrogen (secondary N) is 4. The van der Waals surface area contributed by atoms with Crippen LogP contribution >= 0.6 is 11.3 Å². The molecule has 3 aromatic rings. The Bertz CT molecular complexity index is 1570. The normalized spacial score (nSPS) is 18.9. The van der Waals surface area contributed by atoms with Crippen molar-refractivity contribution in [3.63, 3.8) is 0 Å². The van der Waals surface area contributed by atoms with Gasteiger partial charge < -0.3 is 20.1 Å². The monoisotopic (exact) mass is 590 g/mol. The molecule has 4 heterocycles. The van der Waals surface area contributed by atoms with Gasteiger partial charge in [0, 0.05) is 73.0 Å². The van der Waals surface area contributed by atoms with Crippen molar-refractivity contribution < 1.29 is 13.6 Å². The Kier molecular flexibility index (Phi) is 7.98. The van der Waals surface area contributed by atoms with Gasteiger partial charge in [0.05, 0.1) is 17.7 Å². The molecular weight excluding hydrogens is 558 g/mol.